The summed E-state index contributed by atoms with van der Waals surface area (Å²) in [6, 6.07) is 12.5. The number of rotatable bonds is 7. The first kappa shape index (κ1) is 24.2. The molecule has 0 heterocycles. The van der Waals surface area contributed by atoms with Crippen molar-refractivity contribution in [3.05, 3.63) is 69.2 Å². The van der Waals surface area contributed by atoms with E-state index < -0.39 is 11.6 Å². The first-order valence-electron chi connectivity index (χ1n) is 10.1. The van der Waals surface area contributed by atoms with Gasteiger partial charge in [-0.3, -0.25) is 9.59 Å². The molecular weight excluding hydrogens is 419 g/mol. The van der Waals surface area contributed by atoms with E-state index in [1.165, 1.54) is 0 Å². The van der Waals surface area contributed by atoms with Crippen molar-refractivity contribution in [2.75, 3.05) is 0 Å². The van der Waals surface area contributed by atoms with E-state index in [-0.39, 0.29) is 18.2 Å². The Kier molecular flexibility index (Phi) is 8.34. The highest BCUT2D eigenvalue weighted by molar-refractivity contribution is 6.36. The maximum Gasteiger partial charge on any atom is 0.243 e. The molecule has 162 valence electrons. The van der Waals surface area contributed by atoms with E-state index in [0.717, 1.165) is 11.1 Å². The van der Waals surface area contributed by atoms with E-state index in [2.05, 4.69) is 5.32 Å². The molecule has 0 fully saturated rings. The lowest BCUT2D eigenvalue weighted by Gasteiger charge is -2.33. The second kappa shape index (κ2) is 10.3. The monoisotopic (exact) mass is 448 g/mol. The Hall–Kier alpha value is -2.04. The van der Waals surface area contributed by atoms with Gasteiger partial charge in [0.15, 0.2) is 0 Å². The molecule has 0 aliphatic carbocycles. The van der Waals surface area contributed by atoms with Gasteiger partial charge in [0.25, 0.3) is 0 Å². The van der Waals surface area contributed by atoms with E-state index in [1.807, 2.05) is 58.9 Å². The van der Waals surface area contributed by atoms with Gasteiger partial charge < -0.3 is 10.2 Å². The van der Waals surface area contributed by atoms with Crippen LogP contribution in [0.3, 0.4) is 0 Å². The molecule has 0 saturated heterocycles. The van der Waals surface area contributed by atoms with E-state index in [1.54, 1.807) is 23.1 Å². The van der Waals surface area contributed by atoms with E-state index in [0.29, 0.717) is 28.6 Å². The van der Waals surface area contributed by atoms with Crippen LogP contribution in [0.2, 0.25) is 10.0 Å². The lowest BCUT2D eigenvalue weighted by Crippen LogP contribution is -2.53. The minimum Gasteiger partial charge on any atom is -0.350 e. The number of aryl methyl sites for hydroxylation is 1. The van der Waals surface area contributed by atoms with Gasteiger partial charge in [0.05, 0.1) is 6.42 Å². The summed E-state index contributed by atoms with van der Waals surface area (Å²) in [6.07, 6.45) is 0.527. The molecule has 6 heteroatoms. The molecule has 2 aromatic rings. The van der Waals surface area contributed by atoms with Gasteiger partial charge in [-0.15, -0.1) is 0 Å². The molecule has 0 spiro atoms. The number of halogens is 2. The topological polar surface area (TPSA) is 49.4 Å². The largest absolute Gasteiger partial charge is 0.350 e. The molecule has 0 aliphatic rings. The van der Waals surface area contributed by atoms with Gasteiger partial charge in [0.2, 0.25) is 11.8 Å². The van der Waals surface area contributed by atoms with Gasteiger partial charge in [0.1, 0.15) is 6.04 Å². The highest BCUT2D eigenvalue weighted by Gasteiger charge is 2.31. The fraction of sp³-hybridized carbons (Fsp3) is 0.417. The maximum absolute atomic E-state index is 13.4. The third-order valence-corrected chi connectivity index (χ3v) is 5.46. The summed E-state index contributed by atoms with van der Waals surface area (Å²) in [5.41, 5.74) is 2.28. The average molecular weight is 449 g/mol. The van der Waals surface area contributed by atoms with Crippen LogP contribution in [-0.2, 0) is 22.6 Å². The Balaban J connectivity index is 2.36. The number of carbonyl (C=O) groups excluding carboxylic acids is 2. The van der Waals surface area contributed by atoms with Crippen molar-refractivity contribution in [1.29, 1.82) is 0 Å². The normalized spacial score (nSPS) is 12.4. The number of carbonyl (C=O) groups is 2. The Labute approximate surface area is 189 Å². The number of hydrogen-bond acceptors (Lipinski definition) is 2. The van der Waals surface area contributed by atoms with Crippen LogP contribution in [-0.4, -0.2) is 28.3 Å². The summed E-state index contributed by atoms with van der Waals surface area (Å²) >= 11 is 12.6. The molecule has 2 amide bonds. The smallest absolute Gasteiger partial charge is 0.243 e. The molecule has 1 unspecified atom stereocenters. The number of amides is 2. The Morgan fingerprint density at radius 3 is 2.10 bits per heavy atom. The van der Waals surface area contributed by atoms with Gasteiger partial charge in [0, 0.05) is 22.1 Å². The lowest BCUT2D eigenvalue weighted by atomic mass is 10.0. The van der Waals surface area contributed by atoms with Crippen molar-refractivity contribution in [2.45, 2.75) is 65.6 Å². The van der Waals surface area contributed by atoms with Crippen LogP contribution in [0.5, 0.6) is 0 Å². The SMILES string of the molecule is CCC(C(=O)NC(C)(C)C)N(Cc1ccc(C)cc1)C(=O)Cc1c(Cl)cccc1Cl. The summed E-state index contributed by atoms with van der Waals surface area (Å²) in [5.74, 6) is -0.364. The Bertz CT molecular complexity index is 869. The third-order valence-electron chi connectivity index (χ3n) is 4.75. The molecular formula is C24H30Cl2N2O2. The molecule has 1 atom stereocenters. The standard InChI is InChI=1S/C24H30Cl2N2O2/c1-6-21(23(30)27-24(3,4)5)28(15-17-12-10-16(2)11-13-17)22(29)14-18-19(25)8-7-9-20(18)26/h7-13,21H,6,14-15H2,1-5H3,(H,27,30). The Morgan fingerprint density at radius 1 is 1.03 bits per heavy atom. The quantitative estimate of drug-likeness (QED) is 0.601. The number of benzene rings is 2. The van der Waals surface area contributed by atoms with Crippen LogP contribution < -0.4 is 5.32 Å². The minimum absolute atomic E-state index is 0.0314. The highest BCUT2D eigenvalue weighted by Crippen LogP contribution is 2.26. The second-order valence-corrected chi connectivity index (χ2v) is 9.36. The van der Waals surface area contributed by atoms with Gasteiger partial charge in [-0.25, -0.2) is 0 Å². The van der Waals surface area contributed by atoms with Gasteiger partial charge in [-0.05, 0) is 57.4 Å². The van der Waals surface area contributed by atoms with Crippen LogP contribution in [0, 0.1) is 6.92 Å². The molecule has 0 aliphatic heterocycles. The fourth-order valence-corrected chi connectivity index (χ4v) is 3.75. The predicted octanol–water partition coefficient (Wildman–Crippen LogP) is 5.57. The molecule has 30 heavy (non-hydrogen) atoms. The summed E-state index contributed by atoms with van der Waals surface area (Å²) < 4.78 is 0. The van der Waals surface area contributed by atoms with Crippen molar-refractivity contribution < 1.29 is 9.59 Å². The number of nitrogens with zero attached hydrogens (tertiary/aromatic N) is 1. The highest BCUT2D eigenvalue weighted by atomic mass is 35.5. The van der Waals surface area contributed by atoms with Crippen LogP contribution >= 0.6 is 23.2 Å². The van der Waals surface area contributed by atoms with Crippen molar-refractivity contribution in [2.24, 2.45) is 0 Å². The predicted molar refractivity (Wildman–Crippen MR) is 124 cm³/mol. The van der Waals surface area contributed by atoms with Crippen molar-refractivity contribution in [3.8, 4) is 0 Å². The summed E-state index contributed by atoms with van der Waals surface area (Å²) in [7, 11) is 0. The zero-order valence-corrected chi connectivity index (χ0v) is 19.8. The lowest BCUT2D eigenvalue weighted by molar-refractivity contribution is -0.141. The van der Waals surface area contributed by atoms with Crippen molar-refractivity contribution in [3.63, 3.8) is 0 Å². The summed E-state index contributed by atoms with van der Waals surface area (Å²) in [4.78, 5) is 28.0. The van der Waals surface area contributed by atoms with Crippen LogP contribution in [0.1, 0.15) is 50.8 Å². The van der Waals surface area contributed by atoms with Gasteiger partial charge in [-0.2, -0.15) is 0 Å². The van der Waals surface area contributed by atoms with Crippen molar-refractivity contribution >= 4 is 35.0 Å². The molecule has 0 bridgehead atoms. The number of nitrogens with one attached hydrogen (secondary N) is 1. The zero-order chi connectivity index (χ0) is 22.5. The molecule has 0 saturated carbocycles. The van der Waals surface area contributed by atoms with E-state index >= 15 is 0 Å². The third kappa shape index (κ3) is 6.75. The van der Waals surface area contributed by atoms with Crippen LogP contribution in [0.4, 0.5) is 0 Å². The van der Waals surface area contributed by atoms with E-state index in [9.17, 15) is 9.59 Å². The van der Waals surface area contributed by atoms with Crippen LogP contribution in [0.25, 0.3) is 0 Å². The maximum atomic E-state index is 13.4. The minimum atomic E-state index is -0.598. The van der Waals surface area contributed by atoms with Gasteiger partial charge in [-0.1, -0.05) is 66.0 Å². The van der Waals surface area contributed by atoms with Crippen LogP contribution in [0.15, 0.2) is 42.5 Å². The molecule has 2 rings (SSSR count). The zero-order valence-electron chi connectivity index (χ0n) is 18.3. The molecule has 4 nitrogen and oxygen atoms in total. The van der Waals surface area contributed by atoms with Crippen molar-refractivity contribution in [1.82, 2.24) is 10.2 Å². The van der Waals surface area contributed by atoms with Gasteiger partial charge >= 0.3 is 0 Å². The summed E-state index contributed by atoms with van der Waals surface area (Å²) in [6.45, 7) is 10.0. The first-order chi connectivity index (χ1) is 14.0. The molecule has 0 aromatic heterocycles. The molecule has 1 N–H and O–H groups in total. The number of hydrogen-bond donors (Lipinski definition) is 1. The Morgan fingerprint density at radius 2 is 1.60 bits per heavy atom. The first-order valence-corrected chi connectivity index (χ1v) is 10.9. The average Bonchev–Trinajstić information content (AvgIpc) is 2.64. The van der Waals surface area contributed by atoms with E-state index in [4.69, 9.17) is 23.2 Å². The summed E-state index contributed by atoms with van der Waals surface area (Å²) in [5, 5.41) is 3.89. The molecule has 2 aromatic carbocycles. The molecule has 0 radical (unpaired) electrons. The fourth-order valence-electron chi connectivity index (χ4n) is 3.22. The second-order valence-electron chi connectivity index (χ2n) is 8.55.